The Balaban J connectivity index is 4.49. The monoisotopic (exact) mass is 857 g/mol. The second-order valence-corrected chi connectivity index (χ2v) is 16.0. The lowest BCUT2D eigenvalue weighted by molar-refractivity contribution is -0.162. The summed E-state index contributed by atoms with van der Waals surface area (Å²) in [4.78, 5) is 25.3. The third-order valence-corrected chi connectivity index (χ3v) is 10.00. The van der Waals surface area contributed by atoms with E-state index in [1.807, 2.05) is 12.2 Å². The standard InChI is InChI=1S/C57H92O5/c1-4-7-10-13-16-19-22-25-28-31-34-37-40-43-46-49-52-60-53-55(62-57(59)51-48-45-42-39-36-33-30-27-24-21-18-15-12-9-6-3)54-61-56(58)50-47-44-41-38-35-32-29-26-23-20-17-14-11-8-5-2/h8-9,11-12,17-18,20-21,25-30,35-36,38-39,44,47,55H,4-7,10,13-16,19,22-24,31-34,37,40-43,45-46,48-54H2,1-3H3/b11-8-,12-9-,20-17-,21-18-,28-25-,29-26-,30-27-,38-35-,39-36-,47-44-. The van der Waals surface area contributed by atoms with E-state index in [0.29, 0.717) is 13.0 Å². The number of hydrogen-bond donors (Lipinski definition) is 0. The first kappa shape index (κ1) is 58.3. The van der Waals surface area contributed by atoms with Crippen LogP contribution in [0.2, 0.25) is 0 Å². The molecular weight excluding hydrogens is 765 g/mol. The van der Waals surface area contributed by atoms with Gasteiger partial charge in [-0.2, -0.15) is 0 Å². The quantitative estimate of drug-likeness (QED) is 0.0347. The first-order valence-corrected chi connectivity index (χ1v) is 25.1. The Kier molecular flexibility index (Phi) is 48.6. The predicted molar refractivity (Wildman–Crippen MR) is 269 cm³/mol. The van der Waals surface area contributed by atoms with E-state index in [1.54, 1.807) is 0 Å². The number of unbranched alkanes of at least 4 members (excludes halogenated alkanes) is 14. The van der Waals surface area contributed by atoms with Crippen LogP contribution in [0.25, 0.3) is 0 Å². The topological polar surface area (TPSA) is 61.8 Å². The number of allylic oxidation sites excluding steroid dienone is 19. The molecule has 0 spiro atoms. The zero-order valence-electron chi connectivity index (χ0n) is 40.1. The maximum atomic E-state index is 12.8. The molecule has 1 atom stereocenters. The maximum absolute atomic E-state index is 12.8. The molecule has 0 heterocycles. The molecule has 1 unspecified atom stereocenters. The molecule has 0 saturated carbocycles. The molecule has 0 aromatic rings. The molecule has 0 aliphatic rings. The van der Waals surface area contributed by atoms with E-state index in [9.17, 15) is 9.59 Å². The zero-order chi connectivity index (χ0) is 44.9. The fourth-order valence-electron chi connectivity index (χ4n) is 6.33. The number of carbonyl (C=O) groups excluding carboxylic acids is 2. The van der Waals surface area contributed by atoms with Gasteiger partial charge in [-0.25, -0.2) is 0 Å². The van der Waals surface area contributed by atoms with Crippen molar-refractivity contribution in [1.29, 1.82) is 0 Å². The van der Waals surface area contributed by atoms with Gasteiger partial charge >= 0.3 is 11.9 Å². The van der Waals surface area contributed by atoms with Crippen LogP contribution < -0.4 is 0 Å². The minimum Gasteiger partial charge on any atom is -0.461 e. The van der Waals surface area contributed by atoms with Gasteiger partial charge in [-0.3, -0.25) is 9.59 Å². The molecule has 62 heavy (non-hydrogen) atoms. The van der Waals surface area contributed by atoms with Crippen molar-refractivity contribution in [1.82, 2.24) is 0 Å². The fourth-order valence-corrected chi connectivity index (χ4v) is 6.33. The van der Waals surface area contributed by atoms with Crippen LogP contribution in [0.3, 0.4) is 0 Å². The maximum Gasteiger partial charge on any atom is 0.309 e. The van der Waals surface area contributed by atoms with E-state index in [1.165, 1.54) is 77.0 Å². The molecule has 0 saturated heterocycles. The van der Waals surface area contributed by atoms with Gasteiger partial charge in [0.05, 0.1) is 13.0 Å². The number of rotatable bonds is 44. The third kappa shape index (κ3) is 49.0. The lowest BCUT2D eigenvalue weighted by atomic mass is 10.1. The van der Waals surface area contributed by atoms with Crippen LogP contribution in [0.1, 0.15) is 201 Å². The molecule has 0 fully saturated rings. The van der Waals surface area contributed by atoms with Gasteiger partial charge in [0.15, 0.2) is 6.10 Å². The highest BCUT2D eigenvalue weighted by atomic mass is 16.6. The largest absolute Gasteiger partial charge is 0.461 e. The van der Waals surface area contributed by atoms with Crippen molar-refractivity contribution in [2.24, 2.45) is 0 Å². The summed E-state index contributed by atoms with van der Waals surface area (Å²) in [6.07, 6.45) is 72.3. The summed E-state index contributed by atoms with van der Waals surface area (Å²) in [5.74, 6) is -0.603. The third-order valence-electron chi connectivity index (χ3n) is 10.00. The van der Waals surface area contributed by atoms with Gasteiger partial charge in [0.2, 0.25) is 0 Å². The van der Waals surface area contributed by atoms with Crippen LogP contribution in [0.5, 0.6) is 0 Å². The Morgan fingerprint density at radius 3 is 1.26 bits per heavy atom. The van der Waals surface area contributed by atoms with Crippen molar-refractivity contribution in [3.8, 4) is 0 Å². The van der Waals surface area contributed by atoms with Crippen molar-refractivity contribution in [3.05, 3.63) is 122 Å². The van der Waals surface area contributed by atoms with Gasteiger partial charge in [0.1, 0.15) is 6.61 Å². The highest BCUT2D eigenvalue weighted by Crippen LogP contribution is 2.11. The lowest BCUT2D eigenvalue weighted by Gasteiger charge is -2.18. The number of carbonyl (C=O) groups is 2. The summed E-state index contributed by atoms with van der Waals surface area (Å²) < 4.78 is 17.2. The minimum atomic E-state index is -0.608. The molecule has 5 nitrogen and oxygen atoms in total. The summed E-state index contributed by atoms with van der Waals surface area (Å²) in [7, 11) is 0. The van der Waals surface area contributed by atoms with Crippen LogP contribution in [0.15, 0.2) is 122 Å². The Labute approximate surface area is 382 Å². The smallest absolute Gasteiger partial charge is 0.309 e. The van der Waals surface area contributed by atoms with Crippen LogP contribution in [-0.4, -0.2) is 37.9 Å². The first-order valence-electron chi connectivity index (χ1n) is 25.1. The molecule has 5 heteroatoms. The Morgan fingerprint density at radius 1 is 0.387 bits per heavy atom. The number of ether oxygens (including phenoxy) is 3. The van der Waals surface area contributed by atoms with Crippen molar-refractivity contribution in [2.45, 2.75) is 207 Å². The summed E-state index contributed by atoms with van der Waals surface area (Å²) in [6.45, 7) is 7.41. The van der Waals surface area contributed by atoms with Gasteiger partial charge in [-0.15, -0.1) is 0 Å². The SMILES string of the molecule is CC/C=C\C/C=C\C/C=C\C/C=C\C/C=C\CC(=O)OCC(COCCCCCCCC/C=C\CCCCCCCC)OC(=O)CCCC/C=C\C/C=C\C/C=C\C/C=C\CC. The zero-order valence-corrected chi connectivity index (χ0v) is 40.1. The van der Waals surface area contributed by atoms with Gasteiger partial charge in [-0.05, 0) is 109 Å². The van der Waals surface area contributed by atoms with Crippen LogP contribution in [-0.2, 0) is 23.8 Å². The number of hydrogen-bond acceptors (Lipinski definition) is 5. The molecular formula is C57H92O5. The predicted octanol–water partition coefficient (Wildman–Crippen LogP) is 17.0. The second kappa shape index (κ2) is 51.6. The molecule has 0 aliphatic carbocycles. The first-order chi connectivity index (χ1) is 30.6. The Morgan fingerprint density at radius 2 is 0.774 bits per heavy atom. The molecule has 0 radical (unpaired) electrons. The van der Waals surface area contributed by atoms with Crippen molar-refractivity contribution in [3.63, 3.8) is 0 Å². The van der Waals surface area contributed by atoms with Crippen LogP contribution >= 0.6 is 0 Å². The van der Waals surface area contributed by atoms with Crippen molar-refractivity contribution >= 4 is 11.9 Å². The summed E-state index contributed by atoms with van der Waals surface area (Å²) in [5.41, 5.74) is 0. The van der Waals surface area contributed by atoms with Gasteiger partial charge < -0.3 is 14.2 Å². The van der Waals surface area contributed by atoms with Crippen LogP contribution in [0.4, 0.5) is 0 Å². The highest BCUT2D eigenvalue weighted by Gasteiger charge is 2.17. The van der Waals surface area contributed by atoms with E-state index in [-0.39, 0.29) is 31.6 Å². The minimum absolute atomic E-state index is 0.00460. The van der Waals surface area contributed by atoms with E-state index in [4.69, 9.17) is 14.2 Å². The van der Waals surface area contributed by atoms with Gasteiger partial charge in [0.25, 0.3) is 0 Å². The molecule has 0 aromatic carbocycles. The normalized spacial score (nSPS) is 13.3. The van der Waals surface area contributed by atoms with E-state index in [0.717, 1.165) is 89.9 Å². The Hall–Kier alpha value is -3.70. The summed E-state index contributed by atoms with van der Waals surface area (Å²) in [5, 5.41) is 0. The molecule has 350 valence electrons. The van der Waals surface area contributed by atoms with Gasteiger partial charge in [0, 0.05) is 13.0 Å². The average molecular weight is 857 g/mol. The second-order valence-electron chi connectivity index (χ2n) is 16.0. The summed E-state index contributed by atoms with van der Waals surface area (Å²) >= 11 is 0. The summed E-state index contributed by atoms with van der Waals surface area (Å²) in [6, 6.07) is 0. The van der Waals surface area contributed by atoms with Gasteiger partial charge in [-0.1, -0.05) is 200 Å². The molecule has 0 aromatic heterocycles. The Bertz CT molecular complexity index is 1290. The van der Waals surface area contributed by atoms with E-state index in [2.05, 4.69) is 130 Å². The average Bonchev–Trinajstić information content (AvgIpc) is 3.27. The van der Waals surface area contributed by atoms with E-state index >= 15 is 0 Å². The molecule has 0 rings (SSSR count). The molecule has 0 N–H and O–H groups in total. The highest BCUT2D eigenvalue weighted by molar-refractivity contribution is 5.71. The molecule has 0 amide bonds. The van der Waals surface area contributed by atoms with Crippen LogP contribution in [0, 0.1) is 0 Å². The van der Waals surface area contributed by atoms with Crippen molar-refractivity contribution < 1.29 is 23.8 Å². The van der Waals surface area contributed by atoms with E-state index < -0.39 is 6.10 Å². The lowest BCUT2D eigenvalue weighted by Crippen LogP contribution is -2.30. The molecule has 0 aliphatic heterocycles. The molecule has 0 bridgehead atoms. The number of esters is 2. The van der Waals surface area contributed by atoms with Crippen molar-refractivity contribution in [2.75, 3.05) is 19.8 Å². The fraction of sp³-hybridized carbons (Fsp3) is 0.614.